The highest BCUT2D eigenvalue weighted by Crippen LogP contribution is 2.18. The third-order valence-electron chi connectivity index (χ3n) is 3.16. The highest BCUT2D eigenvalue weighted by atomic mass is 35.5. The molecule has 1 fully saturated rings. The lowest BCUT2D eigenvalue weighted by Gasteiger charge is -2.34. The SMILES string of the molecule is NCC1CCCCN1Cc1cccc(Cl)n1. The number of likely N-dealkylation sites (tertiary alicyclic amines) is 1. The van der Waals surface area contributed by atoms with Crippen LogP contribution in [0.15, 0.2) is 18.2 Å². The van der Waals surface area contributed by atoms with Crippen molar-refractivity contribution < 1.29 is 0 Å². The summed E-state index contributed by atoms with van der Waals surface area (Å²) in [6, 6.07) is 6.29. The summed E-state index contributed by atoms with van der Waals surface area (Å²) in [5.41, 5.74) is 6.82. The fraction of sp³-hybridized carbons (Fsp3) is 0.583. The predicted molar refractivity (Wildman–Crippen MR) is 66.4 cm³/mol. The van der Waals surface area contributed by atoms with Crippen LogP contribution in [0.4, 0.5) is 0 Å². The van der Waals surface area contributed by atoms with Gasteiger partial charge in [-0.15, -0.1) is 0 Å². The Balaban J connectivity index is 2.02. The van der Waals surface area contributed by atoms with Crippen LogP contribution in [-0.4, -0.2) is 29.0 Å². The van der Waals surface area contributed by atoms with Gasteiger partial charge in [0, 0.05) is 19.1 Å². The van der Waals surface area contributed by atoms with Gasteiger partial charge in [0.1, 0.15) is 5.15 Å². The van der Waals surface area contributed by atoms with E-state index in [1.807, 2.05) is 18.2 Å². The van der Waals surface area contributed by atoms with Gasteiger partial charge in [0.25, 0.3) is 0 Å². The van der Waals surface area contributed by atoms with Crippen molar-refractivity contribution in [1.29, 1.82) is 0 Å². The summed E-state index contributed by atoms with van der Waals surface area (Å²) in [6.07, 6.45) is 3.76. The Morgan fingerprint density at radius 3 is 3.06 bits per heavy atom. The van der Waals surface area contributed by atoms with Crippen molar-refractivity contribution in [2.45, 2.75) is 31.8 Å². The molecule has 2 N–H and O–H groups in total. The zero-order valence-electron chi connectivity index (χ0n) is 9.40. The summed E-state index contributed by atoms with van der Waals surface area (Å²) in [7, 11) is 0. The van der Waals surface area contributed by atoms with Crippen LogP contribution in [-0.2, 0) is 6.54 Å². The Labute approximate surface area is 102 Å². The van der Waals surface area contributed by atoms with E-state index < -0.39 is 0 Å². The second kappa shape index (κ2) is 5.62. The maximum atomic E-state index is 5.88. The molecule has 88 valence electrons. The average molecular weight is 240 g/mol. The lowest BCUT2D eigenvalue weighted by Crippen LogP contribution is -2.43. The molecule has 0 bridgehead atoms. The Morgan fingerprint density at radius 2 is 2.31 bits per heavy atom. The monoisotopic (exact) mass is 239 g/mol. The van der Waals surface area contributed by atoms with Crippen LogP contribution in [0.3, 0.4) is 0 Å². The number of piperidine rings is 1. The maximum absolute atomic E-state index is 5.88. The largest absolute Gasteiger partial charge is 0.329 e. The third-order valence-corrected chi connectivity index (χ3v) is 3.37. The molecule has 0 amide bonds. The molecule has 0 spiro atoms. The normalized spacial score (nSPS) is 22.2. The van der Waals surface area contributed by atoms with E-state index >= 15 is 0 Å². The van der Waals surface area contributed by atoms with Crippen molar-refractivity contribution in [3.8, 4) is 0 Å². The van der Waals surface area contributed by atoms with Crippen LogP contribution < -0.4 is 5.73 Å². The molecule has 4 heteroatoms. The van der Waals surface area contributed by atoms with E-state index in [0.717, 1.165) is 25.3 Å². The van der Waals surface area contributed by atoms with Gasteiger partial charge in [-0.05, 0) is 31.5 Å². The molecule has 2 heterocycles. The number of hydrogen-bond donors (Lipinski definition) is 1. The first-order valence-corrected chi connectivity index (χ1v) is 6.23. The number of hydrogen-bond acceptors (Lipinski definition) is 3. The van der Waals surface area contributed by atoms with Crippen molar-refractivity contribution in [3.05, 3.63) is 29.0 Å². The highest BCUT2D eigenvalue weighted by Gasteiger charge is 2.21. The minimum absolute atomic E-state index is 0.509. The van der Waals surface area contributed by atoms with Gasteiger partial charge in [0.15, 0.2) is 0 Å². The topological polar surface area (TPSA) is 42.1 Å². The molecule has 0 radical (unpaired) electrons. The van der Waals surface area contributed by atoms with Crippen molar-refractivity contribution >= 4 is 11.6 Å². The third kappa shape index (κ3) is 2.94. The zero-order chi connectivity index (χ0) is 11.4. The summed E-state index contributed by atoms with van der Waals surface area (Å²) in [6.45, 7) is 2.72. The van der Waals surface area contributed by atoms with Gasteiger partial charge in [0.2, 0.25) is 0 Å². The Bertz CT molecular complexity index is 343. The molecule has 1 saturated heterocycles. The summed E-state index contributed by atoms with van der Waals surface area (Å²) >= 11 is 5.88. The smallest absolute Gasteiger partial charge is 0.129 e. The Hall–Kier alpha value is -0.640. The number of halogens is 1. The first-order chi connectivity index (χ1) is 7.79. The molecule has 0 aliphatic carbocycles. The predicted octanol–water partition coefficient (Wildman–Crippen LogP) is 2.05. The van der Waals surface area contributed by atoms with Gasteiger partial charge in [0.05, 0.1) is 5.69 Å². The minimum atomic E-state index is 0.509. The number of aromatic nitrogens is 1. The van der Waals surface area contributed by atoms with Crippen LogP contribution in [0.5, 0.6) is 0 Å². The molecule has 0 aromatic carbocycles. The molecule has 1 unspecified atom stereocenters. The lowest BCUT2D eigenvalue weighted by molar-refractivity contribution is 0.143. The Morgan fingerprint density at radius 1 is 1.44 bits per heavy atom. The van der Waals surface area contributed by atoms with E-state index in [-0.39, 0.29) is 0 Å². The quantitative estimate of drug-likeness (QED) is 0.821. The van der Waals surface area contributed by atoms with Crippen LogP contribution in [0.2, 0.25) is 5.15 Å². The summed E-state index contributed by atoms with van der Waals surface area (Å²) in [5.74, 6) is 0. The van der Waals surface area contributed by atoms with Crippen molar-refractivity contribution in [1.82, 2.24) is 9.88 Å². The molecule has 3 nitrogen and oxygen atoms in total. The Kier molecular flexibility index (Phi) is 4.16. The van der Waals surface area contributed by atoms with Crippen LogP contribution >= 0.6 is 11.6 Å². The fourth-order valence-corrected chi connectivity index (χ4v) is 2.46. The lowest BCUT2D eigenvalue weighted by atomic mass is 10.0. The van der Waals surface area contributed by atoms with E-state index in [2.05, 4.69) is 9.88 Å². The first-order valence-electron chi connectivity index (χ1n) is 5.85. The summed E-state index contributed by atoms with van der Waals surface area (Å²) in [5, 5.41) is 0.568. The van der Waals surface area contributed by atoms with Crippen molar-refractivity contribution in [2.24, 2.45) is 5.73 Å². The number of rotatable bonds is 3. The van der Waals surface area contributed by atoms with Gasteiger partial charge in [-0.1, -0.05) is 24.1 Å². The van der Waals surface area contributed by atoms with Gasteiger partial charge in [-0.3, -0.25) is 4.90 Å². The molecule has 1 aromatic rings. The van der Waals surface area contributed by atoms with Gasteiger partial charge in [-0.2, -0.15) is 0 Å². The fourth-order valence-electron chi connectivity index (χ4n) is 2.28. The van der Waals surface area contributed by atoms with E-state index in [0.29, 0.717) is 11.2 Å². The van der Waals surface area contributed by atoms with Gasteiger partial charge in [-0.25, -0.2) is 4.98 Å². The van der Waals surface area contributed by atoms with Crippen molar-refractivity contribution in [3.63, 3.8) is 0 Å². The first kappa shape index (κ1) is 11.8. The summed E-state index contributed by atoms with van der Waals surface area (Å²) in [4.78, 5) is 6.74. The van der Waals surface area contributed by atoms with Crippen LogP contribution in [0, 0.1) is 0 Å². The van der Waals surface area contributed by atoms with Crippen molar-refractivity contribution in [2.75, 3.05) is 13.1 Å². The van der Waals surface area contributed by atoms with E-state index in [1.54, 1.807) is 0 Å². The zero-order valence-corrected chi connectivity index (χ0v) is 10.2. The molecule has 1 atom stereocenters. The van der Waals surface area contributed by atoms with Crippen LogP contribution in [0.1, 0.15) is 25.0 Å². The molecule has 1 aliphatic rings. The van der Waals surface area contributed by atoms with Crippen LogP contribution in [0.25, 0.3) is 0 Å². The average Bonchev–Trinajstić information content (AvgIpc) is 2.30. The summed E-state index contributed by atoms with van der Waals surface area (Å²) < 4.78 is 0. The second-order valence-electron chi connectivity index (χ2n) is 4.31. The molecular weight excluding hydrogens is 222 g/mol. The molecule has 0 saturated carbocycles. The number of nitrogens with two attached hydrogens (primary N) is 1. The number of pyridine rings is 1. The second-order valence-corrected chi connectivity index (χ2v) is 4.69. The molecule has 1 aliphatic heterocycles. The molecular formula is C12H18ClN3. The maximum Gasteiger partial charge on any atom is 0.129 e. The van der Waals surface area contributed by atoms with Gasteiger partial charge >= 0.3 is 0 Å². The van der Waals surface area contributed by atoms with E-state index in [1.165, 1.54) is 19.3 Å². The number of nitrogens with zero attached hydrogens (tertiary/aromatic N) is 2. The van der Waals surface area contributed by atoms with E-state index in [4.69, 9.17) is 17.3 Å². The standard InChI is InChI=1S/C12H18ClN3/c13-12-6-3-4-10(15-12)9-16-7-2-1-5-11(16)8-14/h3-4,6,11H,1-2,5,7-9,14H2. The molecule has 16 heavy (non-hydrogen) atoms. The minimum Gasteiger partial charge on any atom is -0.329 e. The van der Waals surface area contributed by atoms with E-state index in [9.17, 15) is 0 Å². The molecule has 1 aromatic heterocycles. The van der Waals surface area contributed by atoms with Gasteiger partial charge < -0.3 is 5.73 Å². The molecule has 2 rings (SSSR count). The highest BCUT2D eigenvalue weighted by molar-refractivity contribution is 6.29.